The third-order valence-electron chi connectivity index (χ3n) is 5.68. The van der Waals surface area contributed by atoms with Gasteiger partial charge in [0, 0.05) is 41.0 Å². The molecule has 0 aliphatic carbocycles. The molecule has 1 aromatic carbocycles. The number of rotatable bonds is 7. The van der Waals surface area contributed by atoms with Crippen LogP contribution in [0, 0.1) is 5.92 Å². The van der Waals surface area contributed by atoms with E-state index < -0.39 is 12.1 Å². The minimum atomic E-state index is -5.08. The molecule has 0 saturated carbocycles. The Labute approximate surface area is 222 Å². The number of ether oxygens (including phenoxy) is 1. The molecule has 0 amide bonds. The summed E-state index contributed by atoms with van der Waals surface area (Å²) in [7, 11) is 0. The summed E-state index contributed by atoms with van der Waals surface area (Å²) in [5.74, 6) is -0.00939. The van der Waals surface area contributed by atoms with E-state index in [1.54, 1.807) is 11.8 Å². The van der Waals surface area contributed by atoms with Crippen LogP contribution in [0.1, 0.15) is 38.4 Å². The van der Waals surface area contributed by atoms with Crippen LogP contribution in [0.25, 0.3) is 11.3 Å². The lowest BCUT2D eigenvalue weighted by atomic mass is 9.98. The van der Waals surface area contributed by atoms with Crippen LogP contribution in [0.5, 0.6) is 5.75 Å². The molecule has 0 bridgehead atoms. The Kier molecular flexibility index (Phi) is 10.2. The lowest BCUT2D eigenvalue weighted by Gasteiger charge is -2.31. The number of carboxylic acid groups (broad SMARTS) is 1. The summed E-state index contributed by atoms with van der Waals surface area (Å²) >= 11 is 3.27. The molecule has 200 valence electrons. The molecule has 3 aromatic rings. The molecule has 3 heterocycles. The van der Waals surface area contributed by atoms with Gasteiger partial charge in [-0.05, 0) is 49.3 Å². The number of aromatic nitrogens is 3. The third-order valence-corrected chi connectivity index (χ3v) is 7.22. The van der Waals surface area contributed by atoms with Crippen molar-refractivity contribution in [2.24, 2.45) is 5.92 Å². The Hall–Kier alpha value is -2.86. The van der Waals surface area contributed by atoms with Gasteiger partial charge in [-0.15, -0.1) is 11.8 Å². The van der Waals surface area contributed by atoms with Crippen molar-refractivity contribution in [3.8, 4) is 17.0 Å². The maximum atomic E-state index is 10.6. The van der Waals surface area contributed by atoms with E-state index in [1.165, 1.54) is 16.4 Å². The number of carbonyl (C=O) groups is 1. The zero-order chi connectivity index (χ0) is 27.0. The molecule has 1 saturated heterocycles. The molecule has 2 aromatic heterocycles. The summed E-state index contributed by atoms with van der Waals surface area (Å²) in [4.78, 5) is 21.8. The molecule has 1 fully saturated rings. The Bertz CT molecular complexity index is 1130. The molecule has 1 N–H and O–H groups in total. The van der Waals surface area contributed by atoms with Crippen molar-refractivity contribution in [1.82, 2.24) is 14.3 Å². The molecule has 37 heavy (non-hydrogen) atoms. The van der Waals surface area contributed by atoms with Crippen molar-refractivity contribution in [2.75, 3.05) is 30.9 Å². The number of hydrogen-bond donors (Lipinski definition) is 1. The molecule has 0 radical (unpaired) electrons. The number of aliphatic carboxylic acids is 1. The van der Waals surface area contributed by atoms with Crippen LogP contribution in [0.4, 0.5) is 18.3 Å². The van der Waals surface area contributed by atoms with Crippen LogP contribution < -0.4 is 9.64 Å². The SMILES string of the molecule is CSc1ccc(-c2ccc(OCC3CCN(c4nc(C(C)C)ns4)CC3)cn2)cc1.O=C(O)C(F)(F)F. The van der Waals surface area contributed by atoms with E-state index in [-0.39, 0.29) is 0 Å². The molecule has 1 aliphatic heterocycles. The van der Waals surface area contributed by atoms with Gasteiger partial charge < -0.3 is 14.7 Å². The van der Waals surface area contributed by atoms with Gasteiger partial charge >= 0.3 is 12.1 Å². The van der Waals surface area contributed by atoms with Gasteiger partial charge in [0.15, 0.2) is 0 Å². The number of piperidine rings is 1. The number of pyridine rings is 1. The first-order chi connectivity index (χ1) is 17.6. The first-order valence-corrected chi connectivity index (χ1v) is 13.7. The fourth-order valence-corrected chi connectivity index (χ4v) is 4.76. The highest BCUT2D eigenvalue weighted by Gasteiger charge is 2.38. The molecule has 1 aliphatic rings. The monoisotopic (exact) mass is 554 g/mol. The van der Waals surface area contributed by atoms with E-state index in [2.05, 4.69) is 63.6 Å². The predicted octanol–water partition coefficient (Wildman–Crippen LogP) is 6.37. The van der Waals surface area contributed by atoms with Gasteiger partial charge in [-0.25, -0.2) is 9.78 Å². The first-order valence-electron chi connectivity index (χ1n) is 11.7. The second-order valence-electron chi connectivity index (χ2n) is 8.74. The van der Waals surface area contributed by atoms with Gasteiger partial charge in [-0.1, -0.05) is 26.0 Å². The maximum absolute atomic E-state index is 10.6. The summed E-state index contributed by atoms with van der Waals surface area (Å²) < 4.78 is 42.3. The fourth-order valence-electron chi connectivity index (χ4n) is 3.49. The van der Waals surface area contributed by atoms with Gasteiger partial charge in [0.25, 0.3) is 0 Å². The van der Waals surface area contributed by atoms with Crippen molar-refractivity contribution in [1.29, 1.82) is 0 Å². The minimum Gasteiger partial charge on any atom is -0.492 e. The highest BCUT2D eigenvalue weighted by atomic mass is 32.2. The zero-order valence-electron chi connectivity index (χ0n) is 20.7. The number of carboxylic acids is 1. The standard InChI is InChI=1S/C23H28N4OS2.C2HF3O2/c1-16(2)22-25-23(30-26-22)27-12-10-17(11-13-27)15-28-19-6-9-21(24-14-19)18-4-7-20(29-3)8-5-18;3-2(4,5)1(6)7/h4-9,14,16-17H,10-13,15H2,1-3H3;(H,6,7). The number of thioether (sulfide) groups is 1. The van der Waals surface area contributed by atoms with Crippen molar-refractivity contribution in [3.63, 3.8) is 0 Å². The van der Waals surface area contributed by atoms with E-state index in [1.807, 2.05) is 18.3 Å². The topological polar surface area (TPSA) is 88.4 Å². The normalized spacial score (nSPS) is 14.3. The highest BCUT2D eigenvalue weighted by molar-refractivity contribution is 7.98. The number of hydrogen-bond acceptors (Lipinski definition) is 8. The molecule has 0 unspecified atom stereocenters. The Morgan fingerprint density at radius 3 is 2.32 bits per heavy atom. The van der Waals surface area contributed by atoms with Gasteiger partial charge in [0.05, 0.1) is 18.5 Å². The Morgan fingerprint density at radius 1 is 1.19 bits per heavy atom. The minimum absolute atomic E-state index is 0.385. The van der Waals surface area contributed by atoms with Gasteiger partial charge in [0.1, 0.15) is 11.6 Å². The number of alkyl halides is 3. The number of benzene rings is 1. The van der Waals surface area contributed by atoms with Crippen molar-refractivity contribution in [3.05, 3.63) is 48.4 Å². The zero-order valence-corrected chi connectivity index (χ0v) is 22.4. The molecule has 0 atom stereocenters. The summed E-state index contributed by atoms with van der Waals surface area (Å²) in [6.45, 7) is 7.05. The largest absolute Gasteiger partial charge is 0.492 e. The van der Waals surface area contributed by atoms with E-state index in [4.69, 9.17) is 14.6 Å². The highest BCUT2D eigenvalue weighted by Crippen LogP contribution is 2.28. The first kappa shape index (κ1) is 28.7. The predicted molar refractivity (Wildman–Crippen MR) is 140 cm³/mol. The van der Waals surface area contributed by atoms with E-state index in [9.17, 15) is 13.2 Å². The number of nitrogens with zero attached hydrogens (tertiary/aromatic N) is 4. The van der Waals surface area contributed by atoms with Crippen LogP contribution >= 0.6 is 23.3 Å². The van der Waals surface area contributed by atoms with Gasteiger partial charge in [-0.2, -0.15) is 17.5 Å². The summed E-state index contributed by atoms with van der Waals surface area (Å²) in [6.07, 6.45) is 1.07. The summed E-state index contributed by atoms with van der Waals surface area (Å²) in [6, 6.07) is 12.5. The van der Waals surface area contributed by atoms with Crippen LogP contribution in [0.15, 0.2) is 47.5 Å². The molecule has 0 spiro atoms. The Morgan fingerprint density at radius 2 is 1.84 bits per heavy atom. The van der Waals surface area contributed by atoms with Crippen LogP contribution in [-0.2, 0) is 4.79 Å². The van der Waals surface area contributed by atoms with E-state index >= 15 is 0 Å². The summed E-state index contributed by atoms with van der Waals surface area (Å²) in [5.41, 5.74) is 2.10. The third kappa shape index (κ3) is 8.60. The number of halogens is 3. The van der Waals surface area contributed by atoms with E-state index in [0.29, 0.717) is 11.8 Å². The lowest BCUT2D eigenvalue weighted by Crippen LogP contribution is -2.35. The average molecular weight is 555 g/mol. The molecular formula is C25H29F3N4O3S2. The maximum Gasteiger partial charge on any atom is 0.490 e. The summed E-state index contributed by atoms with van der Waals surface area (Å²) in [5, 5.41) is 8.18. The van der Waals surface area contributed by atoms with Crippen molar-refractivity contribution < 1.29 is 27.8 Å². The smallest absolute Gasteiger partial charge is 0.490 e. The van der Waals surface area contributed by atoms with Crippen LogP contribution in [0.2, 0.25) is 0 Å². The molecule has 12 heteroatoms. The van der Waals surface area contributed by atoms with E-state index in [0.717, 1.165) is 60.5 Å². The van der Waals surface area contributed by atoms with Crippen LogP contribution in [-0.4, -0.2) is 57.5 Å². The van der Waals surface area contributed by atoms with Crippen molar-refractivity contribution >= 4 is 34.4 Å². The second kappa shape index (κ2) is 13.1. The number of anilines is 1. The second-order valence-corrected chi connectivity index (χ2v) is 10.4. The quantitative estimate of drug-likeness (QED) is 0.337. The lowest BCUT2D eigenvalue weighted by molar-refractivity contribution is -0.192. The average Bonchev–Trinajstić information content (AvgIpc) is 3.39. The fraction of sp³-hybridized carbons (Fsp3) is 0.440. The molecule has 7 nitrogen and oxygen atoms in total. The molecular weight excluding hydrogens is 525 g/mol. The van der Waals surface area contributed by atoms with Gasteiger partial charge in [0.2, 0.25) is 5.13 Å². The Balaban J connectivity index is 0.000000479. The molecule has 4 rings (SSSR count). The van der Waals surface area contributed by atoms with Crippen molar-refractivity contribution in [2.45, 2.75) is 43.7 Å². The van der Waals surface area contributed by atoms with Crippen LogP contribution in [0.3, 0.4) is 0 Å². The van der Waals surface area contributed by atoms with Gasteiger partial charge in [-0.3, -0.25) is 4.98 Å².